The van der Waals surface area contributed by atoms with Gasteiger partial charge in [-0.2, -0.15) is 5.10 Å². The Bertz CT molecular complexity index is 790. The van der Waals surface area contributed by atoms with Crippen molar-refractivity contribution in [3.8, 4) is 0 Å². The summed E-state index contributed by atoms with van der Waals surface area (Å²) in [5.41, 5.74) is 4.25. The van der Waals surface area contributed by atoms with Gasteiger partial charge in [0.2, 0.25) is 0 Å². The molecule has 3 heterocycles. The molecule has 5 nitrogen and oxygen atoms in total. The average Bonchev–Trinajstić information content (AvgIpc) is 3.07. The average molecular weight is 321 g/mol. The van der Waals surface area contributed by atoms with E-state index in [4.69, 9.17) is 0 Å². The standard InChI is InChI=1S/C19H23N5/c1-14(15-5-3-2-4-6-15)13-24-11-7-16(8-12-24)17-18-19(23-22-17)21-10-9-20-18/h2-6,9-10,14,16H,7-8,11-13H2,1H3,(H,21,22,23). The van der Waals surface area contributed by atoms with Crippen LogP contribution in [0.1, 0.15) is 42.9 Å². The molecule has 0 spiro atoms. The van der Waals surface area contributed by atoms with Crippen LogP contribution in [0.25, 0.3) is 11.2 Å². The van der Waals surface area contributed by atoms with Crippen molar-refractivity contribution >= 4 is 11.2 Å². The van der Waals surface area contributed by atoms with E-state index in [0.717, 1.165) is 49.3 Å². The summed E-state index contributed by atoms with van der Waals surface area (Å²) < 4.78 is 0. The molecule has 3 aromatic rings. The Hall–Kier alpha value is -2.27. The first-order valence-electron chi connectivity index (χ1n) is 8.73. The second-order valence-electron chi connectivity index (χ2n) is 6.75. The number of H-pyrrole nitrogens is 1. The minimum Gasteiger partial charge on any atom is -0.303 e. The van der Waals surface area contributed by atoms with Crippen molar-refractivity contribution in [1.82, 2.24) is 25.1 Å². The molecule has 1 saturated heterocycles. The van der Waals surface area contributed by atoms with Gasteiger partial charge in [0.15, 0.2) is 5.65 Å². The lowest BCUT2D eigenvalue weighted by Gasteiger charge is -2.33. The maximum absolute atomic E-state index is 4.45. The summed E-state index contributed by atoms with van der Waals surface area (Å²) in [6.07, 6.45) is 5.74. The lowest BCUT2D eigenvalue weighted by molar-refractivity contribution is 0.202. The molecule has 5 heteroatoms. The zero-order valence-electron chi connectivity index (χ0n) is 14.0. The van der Waals surface area contributed by atoms with Gasteiger partial charge in [0.1, 0.15) is 5.52 Å². The van der Waals surface area contributed by atoms with E-state index < -0.39 is 0 Å². The van der Waals surface area contributed by atoms with E-state index >= 15 is 0 Å². The Morgan fingerprint density at radius 2 is 1.88 bits per heavy atom. The van der Waals surface area contributed by atoms with E-state index in [0.29, 0.717) is 11.8 Å². The topological polar surface area (TPSA) is 57.7 Å². The number of aromatic nitrogens is 4. The van der Waals surface area contributed by atoms with Crippen molar-refractivity contribution in [2.75, 3.05) is 19.6 Å². The van der Waals surface area contributed by atoms with Crippen molar-refractivity contribution in [2.24, 2.45) is 0 Å². The second-order valence-corrected chi connectivity index (χ2v) is 6.75. The van der Waals surface area contributed by atoms with Crippen molar-refractivity contribution in [3.63, 3.8) is 0 Å². The number of piperidine rings is 1. The largest absolute Gasteiger partial charge is 0.303 e. The Kier molecular flexibility index (Phi) is 4.26. The number of likely N-dealkylation sites (tertiary alicyclic amines) is 1. The van der Waals surface area contributed by atoms with Gasteiger partial charge in [-0.05, 0) is 37.4 Å². The van der Waals surface area contributed by atoms with Crippen LogP contribution in [0.15, 0.2) is 42.7 Å². The molecular weight excluding hydrogens is 298 g/mol. The van der Waals surface area contributed by atoms with Gasteiger partial charge in [-0.1, -0.05) is 37.3 Å². The van der Waals surface area contributed by atoms with Gasteiger partial charge in [0, 0.05) is 24.9 Å². The maximum Gasteiger partial charge on any atom is 0.199 e. The normalized spacial score (nSPS) is 18.0. The fourth-order valence-corrected chi connectivity index (χ4v) is 3.73. The predicted molar refractivity (Wildman–Crippen MR) is 95.0 cm³/mol. The molecule has 0 saturated carbocycles. The summed E-state index contributed by atoms with van der Waals surface area (Å²) in [5, 5.41) is 7.46. The van der Waals surface area contributed by atoms with Crippen LogP contribution in [0.5, 0.6) is 0 Å². The highest BCUT2D eigenvalue weighted by Gasteiger charge is 2.25. The third-order valence-electron chi connectivity index (χ3n) is 5.11. The second kappa shape index (κ2) is 6.69. The summed E-state index contributed by atoms with van der Waals surface area (Å²) >= 11 is 0. The number of aromatic amines is 1. The molecule has 1 aromatic carbocycles. The molecule has 124 valence electrons. The van der Waals surface area contributed by atoms with E-state index in [1.165, 1.54) is 5.56 Å². The molecular formula is C19H23N5. The number of nitrogens with one attached hydrogen (secondary N) is 1. The molecule has 1 atom stereocenters. The van der Waals surface area contributed by atoms with Gasteiger partial charge in [-0.3, -0.25) is 5.10 Å². The number of fused-ring (bicyclic) bond motifs is 1. The minimum absolute atomic E-state index is 0.509. The Balaban J connectivity index is 1.38. The first kappa shape index (κ1) is 15.3. The number of nitrogens with zero attached hydrogens (tertiary/aromatic N) is 4. The lowest BCUT2D eigenvalue weighted by atomic mass is 9.92. The highest BCUT2D eigenvalue weighted by Crippen LogP contribution is 2.30. The maximum atomic E-state index is 4.45. The summed E-state index contributed by atoms with van der Waals surface area (Å²) in [7, 11) is 0. The van der Waals surface area contributed by atoms with Gasteiger partial charge >= 0.3 is 0 Å². The van der Waals surface area contributed by atoms with Crippen molar-refractivity contribution < 1.29 is 0 Å². The van der Waals surface area contributed by atoms with E-state index in [1.54, 1.807) is 12.4 Å². The molecule has 24 heavy (non-hydrogen) atoms. The fraction of sp³-hybridized carbons (Fsp3) is 0.421. The van der Waals surface area contributed by atoms with Crippen LogP contribution in [-0.2, 0) is 0 Å². The molecule has 0 amide bonds. The molecule has 1 fully saturated rings. The quantitative estimate of drug-likeness (QED) is 0.801. The molecule has 2 aromatic heterocycles. The van der Waals surface area contributed by atoms with Crippen LogP contribution in [0.2, 0.25) is 0 Å². The third kappa shape index (κ3) is 3.04. The van der Waals surface area contributed by atoms with Crippen molar-refractivity contribution in [3.05, 3.63) is 54.0 Å². The molecule has 0 aliphatic carbocycles. The van der Waals surface area contributed by atoms with Crippen LogP contribution >= 0.6 is 0 Å². The summed E-state index contributed by atoms with van der Waals surface area (Å²) in [5.74, 6) is 1.08. The third-order valence-corrected chi connectivity index (χ3v) is 5.11. The molecule has 0 radical (unpaired) electrons. The fourth-order valence-electron chi connectivity index (χ4n) is 3.73. The molecule has 0 bridgehead atoms. The van der Waals surface area contributed by atoms with Crippen LogP contribution in [0.3, 0.4) is 0 Å². The van der Waals surface area contributed by atoms with Gasteiger partial charge in [-0.15, -0.1) is 0 Å². The zero-order valence-corrected chi connectivity index (χ0v) is 14.0. The van der Waals surface area contributed by atoms with Crippen LogP contribution in [-0.4, -0.2) is 44.7 Å². The predicted octanol–water partition coefficient (Wildman–Crippen LogP) is 3.34. The van der Waals surface area contributed by atoms with E-state index in [2.05, 4.69) is 62.3 Å². The van der Waals surface area contributed by atoms with Gasteiger partial charge < -0.3 is 4.90 Å². The number of hydrogen-bond donors (Lipinski definition) is 1. The molecule has 1 aliphatic heterocycles. The van der Waals surface area contributed by atoms with Gasteiger partial charge in [0.25, 0.3) is 0 Å². The van der Waals surface area contributed by atoms with E-state index in [-0.39, 0.29) is 0 Å². The Labute approximate surface area is 142 Å². The molecule has 4 rings (SSSR count). The molecule has 1 unspecified atom stereocenters. The number of benzene rings is 1. The van der Waals surface area contributed by atoms with Crippen LogP contribution < -0.4 is 0 Å². The Morgan fingerprint density at radius 3 is 2.67 bits per heavy atom. The monoisotopic (exact) mass is 321 g/mol. The highest BCUT2D eigenvalue weighted by atomic mass is 15.2. The molecule has 1 aliphatic rings. The first-order valence-corrected chi connectivity index (χ1v) is 8.73. The van der Waals surface area contributed by atoms with Crippen LogP contribution in [0.4, 0.5) is 0 Å². The lowest BCUT2D eigenvalue weighted by Crippen LogP contribution is -2.35. The summed E-state index contributed by atoms with van der Waals surface area (Å²) in [4.78, 5) is 11.3. The summed E-state index contributed by atoms with van der Waals surface area (Å²) in [6.45, 7) is 5.70. The van der Waals surface area contributed by atoms with Crippen LogP contribution in [0, 0.1) is 0 Å². The van der Waals surface area contributed by atoms with Gasteiger partial charge in [0.05, 0.1) is 5.69 Å². The van der Waals surface area contributed by atoms with Gasteiger partial charge in [-0.25, -0.2) is 9.97 Å². The molecule has 1 N–H and O–H groups in total. The van der Waals surface area contributed by atoms with Crippen molar-refractivity contribution in [2.45, 2.75) is 31.6 Å². The SMILES string of the molecule is CC(CN1CCC(c2[nH]nc3nccnc23)CC1)c1ccccc1. The zero-order chi connectivity index (χ0) is 16.4. The minimum atomic E-state index is 0.509. The highest BCUT2D eigenvalue weighted by molar-refractivity contribution is 5.72. The summed E-state index contributed by atoms with van der Waals surface area (Å²) in [6, 6.07) is 10.8. The number of hydrogen-bond acceptors (Lipinski definition) is 4. The number of rotatable bonds is 4. The first-order chi connectivity index (χ1) is 11.8. The smallest absolute Gasteiger partial charge is 0.199 e. The van der Waals surface area contributed by atoms with E-state index in [1.807, 2.05) is 0 Å². The van der Waals surface area contributed by atoms with E-state index in [9.17, 15) is 0 Å². The Morgan fingerprint density at radius 1 is 1.12 bits per heavy atom. The van der Waals surface area contributed by atoms with Crippen molar-refractivity contribution in [1.29, 1.82) is 0 Å².